The van der Waals surface area contributed by atoms with Crippen molar-refractivity contribution in [1.82, 2.24) is 0 Å². The molecule has 126 valence electrons. The molecule has 0 saturated carbocycles. The molecule has 0 aliphatic heterocycles. The Morgan fingerprint density at radius 3 is 2.78 bits per heavy atom. The Hall–Kier alpha value is -1.57. The van der Waals surface area contributed by atoms with Gasteiger partial charge in [0.2, 0.25) is 0 Å². The van der Waals surface area contributed by atoms with Crippen LogP contribution in [0.2, 0.25) is 0 Å². The predicted octanol–water partition coefficient (Wildman–Crippen LogP) is 5.34. The van der Waals surface area contributed by atoms with Crippen molar-refractivity contribution in [2.24, 2.45) is 5.92 Å². The summed E-state index contributed by atoms with van der Waals surface area (Å²) in [5, 5.41) is 0. The molecule has 2 nitrogen and oxygen atoms in total. The van der Waals surface area contributed by atoms with E-state index in [1.54, 1.807) is 0 Å². The van der Waals surface area contributed by atoms with Crippen LogP contribution in [0.15, 0.2) is 24.8 Å². The highest BCUT2D eigenvalue weighted by molar-refractivity contribution is 5.61. The monoisotopic (exact) mass is 314 g/mol. The van der Waals surface area contributed by atoms with Gasteiger partial charge >= 0.3 is 0 Å². The van der Waals surface area contributed by atoms with Gasteiger partial charge in [0.25, 0.3) is 0 Å². The van der Waals surface area contributed by atoms with Gasteiger partial charge < -0.3 is 9.53 Å². The van der Waals surface area contributed by atoms with Crippen LogP contribution in [0.1, 0.15) is 68.6 Å². The normalized spacial score (nSPS) is 16.7. The number of fused-ring (bicyclic) bond motifs is 1. The largest absolute Gasteiger partial charge is 0.494 e. The molecule has 0 saturated heterocycles. The van der Waals surface area contributed by atoms with Gasteiger partial charge in [0.1, 0.15) is 12.0 Å². The standard InChI is InChI=1S/C21H30O2/c1-3-4-5-6-7-8-13-23-17(2)19-11-12-20-14-18(16-22)9-10-21(20)15-19/h11-12,15-16,18H,2-10,13-14H2,1H3. The molecule has 0 amide bonds. The number of benzene rings is 1. The third kappa shape index (κ3) is 5.53. The molecule has 1 aromatic rings. The van der Waals surface area contributed by atoms with Crippen LogP contribution in [-0.4, -0.2) is 12.9 Å². The van der Waals surface area contributed by atoms with Gasteiger partial charge in [-0.2, -0.15) is 0 Å². The molecule has 0 spiro atoms. The van der Waals surface area contributed by atoms with E-state index >= 15 is 0 Å². The molecule has 23 heavy (non-hydrogen) atoms. The topological polar surface area (TPSA) is 26.3 Å². The van der Waals surface area contributed by atoms with Crippen LogP contribution < -0.4 is 0 Å². The van der Waals surface area contributed by atoms with Crippen molar-refractivity contribution >= 4 is 12.0 Å². The molecule has 0 heterocycles. The van der Waals surface area contributed by atoms with Crippen molar-refractivity contribution in [2.45, 2.75) is 64.7 Å². The van der Waals surface area contributed by atoms with Gasteiger partial charge in [-0.3, -0.25) is 0 Å². The van der Waals surface area contributed by atoms with Crippen LogP contribution in [0.3, 0.4) is 0 Å². The summed E-state index contributed by atoms with van der Waals surface area (Å²) in [5.74, 6) is 0.972. The fraction of sp³-hybridized carbons (Fsp3) is 0.571. The minimum Gasteiger partial charge on any atom is -0.494 e. The van der Waals surface area contributed by atoms with E-state index in [1.807, 2.05) is 0 Å². The minimum atomic E-state index is 0.195. The van der Waals surface area contributed by atoms with E-state index in [1.165, 1.54) is 43.2 Å². The van der Waals surface area contributed by atoms with Crippen LogP contribution in [0.5, 0.6) is 0 Å². The van der Waals surface area contributed by atoms with Crippen molar-refractivity contribution in [2.75, 3.05) is 6.61 Å². The summed E-state index contributed by atoms with van der Waals surface area (Å²) in [6.45, 7) is 7.07. The Morgan fingerprint density at radius 1 is 1.22 bits per heavy atom. The number of rotatable bonds is 10. The Morgan fingerprint density at radius 2 is 2.00 bits per heavy atom. The molecule has 2 rings (SSSR count). The fourth-order valence-electron chi connectivity index (χ4n) is 3.23. The SMILES string of the molecule is C=C(OCCCCCCCC)c1ccc2c(c1)CCC(C=O)C2. The number of ether oxygens (including phenoxy) is 1. The molecule has 1 aliphatic carbocycles. The highest BCUT2D eigenvalue weighted by Crippen LogP contribution is 2.27. The molecule has 1 aromatic carbocycles. The summed E-state index contributed by atoms with van der Waals surface area (Å²) in [7, 11) is 0. The maximum absolute atomic E-state index is 10.9. The summed E-state index contributed by atoms with van der Waals surface area (Å²) >= 11 is 0. The zero-order valence-corrected chi connectivity index (χ0v) is 14.5. The molecule has 0 fully saturated rings. The summed E-state index contributed by atoms with van der Waals surface area (Å²) in [6.07, 6.45) is 11.5. The molecule has 1 unspecified atom stereocenters. The molecule has 1 aliphatic rings. The predicted molar refractivity (Wildman–Crippen MR) is 96.4 cm³/mol. The molecule has 0 N–H and O–H groups in total. The third-order valence-corrected chi connectivity index (χ3v) is 4.76. The van der Waals surface area contributed by atoms with Gasteiger partial charge in [0, 0.05) is 11.5 Å². The molecule has 1 atom stereocenters. The molecule has 2 heteroatoms. The number of unbranched alkanes of at least 4 members (excludes halogenated alkanes) is 5. The van der Waals surface area contributed by atoms with E-state index in [2.05, 4.69) is 31.7 Å². The lowest BCUT2D eigenvalue weighted by Crippen LogP contribution is -2.15. The van der Waals surface area contributed by atoms with E-state index in [4.69, 9.17) is 4.74 Å². The van der Waals surface area contributed by atoms with Crippen molar-refractivity contribution in [3.63, 3.8) is 0 Å². The van der Waals surface area contributed by atoms with E-state index in [0.29, 0.717) is 0 Å². The first kappa shape index (κ1) is 17.8. The van der Waals surface area contributed by atoms with Crippen LogP contribution in [0.25, 0.3) is 5.76 Å². The maximum Gasteiger partial charge on any atom is 0.123 e. The number of carbonyl (C=O) groups excluding carboxylic acids is 1. The van der Waals surface area contributed by atoms with Crippen molar-refractivity contribution in [3.05, 3.63) is 41.5 Å². The molecular weight excluding hydrogens is 284 g/mol. The molecular formula is C21H30O2. The van der Waals surface area contributed by atoms with Crippen LogP contribution in [-0.2, 0) is 22.4 Å². The zero-order valence-electron chi connectivity index (χ0n) is 14.5. The van der Waals surface area contributed by atoms with E-state index in [-0.39, 0.29) is 5.92 Å². The lowest BCUT2D eigenvalue weighted by molar-refractivity contribution is -0.111. The maximum atomic E-state index is 10.9. The van der Waals surface area contributed by atoms with Crippen LogP contribution >= 0.6 is 0 Å². The molecule has 0 radical (unpaired) electrons. The number of hydrogen-bond acceptors (Lipinski definition) is 2. The molecule has 0 aromatic heterocycles. The average molecular weight is 314 g/mol. The van der Waals surface area contributed by atoms with Crippen molar-refractivity contribution in [3.8, 4) is 0 Å². The number of carbonyl (C=O) groups is 1. The second-order valence-electron chi connectivity index (χ2n) is 6.66. The Kier molecular flexibility index (Phi) is 7.38. The number of aldehydes is 1. The van der Waals surface area contributed by atoms with Crippen molar-refractivity contribution < 1.29 is 9.53 Å². The first-order valence-corrected chi connectivity index (χ1v) is 9.13. The Bertz CT molecular complexity index is 519. The van der Waals surface area contributed by atoms with E-state index in [0.717, 1.165) is 49.9 Å². The van der Waals surface area contributed by atoms with E-state index in [9.17, 15) is 4.79 Å². The second-order valence-corrected chi connectivity index (χ2v) is 6.66. The summed E-state index contributed by atoms with van der Waals surface area (Å²) < 4.78 is 5.82. The number of aryl methyl sites for hydroxylation is 1. The van der Waals surface area contributed by atoms with Crippen LogP contribution in [0, 0.1) is 5.92 Å². The van der Waals surface area contributed by atoms with E-state index < -0.39 is 0 Å². The highest BCUT2D eigenvalue weighted by Gasteiger charge is 2.18. The summed E-state index contributed by atoms with van der Waals surface area (Å²) in [6, 6.07) is 6.41. The first-order chi connectivity index (χ1) is 11.2. The van der Waals surface area contributed by atoms with Crippen LogP contribution in [0.4, 0.5) is 0 Å². The van der Waals surface area contributed by atoms with Gasteiger partial charge in [0.15, 0.2) is 0 Å². The molecule has 0 bridgehead atoms. The van der Waals surface area contributed by atoms with Gasteiger partial charge in [-0.05, 0) is 42.9 Å². The summed E-state index contributed by atoms with van der Waals surface area (Å²) in [4.78, 5) is 10.9. The third-order valence-electron chi connectivity index (χ3n) is 4.76. The highest BCUT2D eigenvalue weighted by atomic mass is 16.5. The zero-order chi connectivity index (χ0) is 16.5. The smallest absolute Gasteiger partial charge is 0.123 e. The average Bonchev–Trinajstić information content (AvgIpc) is 2.59. The second kappa shape index (κ2) is 9.54. The van der Waals surface area contributed by atoms with Gasteiger partial charge in [-0.15, -0.1) is 0 Å². The summed E-state index contributed by atoms with van der Waals surface area (Å²) in [5.41, 5.74) is 3.74. The number of hydrogen-bond donors (Lipinski definition) is 0. The Labute approximate surface area is 140 Å². The lowest BCUT2D eigenvalue weighted by atomic mass is 9.84. The fourth-order valence-corrected chi connectivity index (χ4v) is 3.23. The van der Waals surface area contributed by atoms with Gasteiger partial charge in [-0.25, -0.2) is 0 Å². The Balaban J connectivity index is 1.76. The quantitative estimate of drug-likeness (QED) is 0.331. The lowest BCUT2D eigenvalue weighted by Gasteiger charge is -2.21. The minimum absolute atomic E-state index is 0.195. The van der Waals surface area contributed by atoms with Crippen molar-refractivity contribution in [1.29, 1.82) is 0 Å². The van der Waals surface area contributed by atoms with Gasteiger partial charge in [-0.1, -0.05) is 57.7 Å². The first-order valence-electron chi connectivity index (χ1n) is 9.13. The van der Waals surface area contributed by atoms with Gasteiger partial charge in [0.05, 0.1) is 6.61 Å².